The van der Waals surface area contributed by atoms with Crippen molar-refractivity contribution in [2.45, 2.75) is 19.4 Å². The summed E-state index contributed by atoms with van der Waals surface area (Å²) in [6.45, 7) is 1.14. The zero-order chi connectivity index (χ0) is 24.1. The first-order valence-corrected chi connectivity index (χ1v) is 9.99. The van der Waals surface area contributed by atoms with Gasteiger partial charge in [-0.25, -0.2) is 0 Å². The summed E-state index contributed by atoms with van der Waals surface area (Å²) in [6, 6.07) is 9.57. The van der Waals surface area contributed by atoms with E-state index in [0.717, 1.165) is 6.07 Å². The molecular weight excluding hydrogens is 434 g/mol. The third kappa shape index (κ3) is 4.97. The summed E-state index contributed by atoms with van der Waals surface area (Å²) in [5.41, 5.74) is -0.451. The largest absolute Gasteiger partial charge is 0.497 e. The molecule has 172 valence electrons. The van der Waals surface area contributed by atoms with Crippen molar-refractivity contribution in [2.75, 3.05) is 20.3 Å². The first kappa shape index (κ1) is 23.4. The number of imide groups is 1. The Morgan fingerprint density at radius 2 is 1.88 bits per heavy atom. The summed E-state index contributed by atoms with van der Waals surface area (Å²) in [5.74, 6) is -2.52. The summed E-state index contributed by atoms with van der Waals surface area (Å²) in [4.78, 5) is 61.3. The standard InChI is InChI=1S/C22H21N3O8/c1-3-33-19(27)11-16(13-6-4-7-14(10-13)32-2)23-18(26)12-24-21(28)15-8-5-9-17(25(30)31)20(15)22(24)29/h4-10,16H,3,11-12H2,1-2H3,(H,23,26). The summed E-state index contributed by atoms with van der Waals surface area (Å²) in [7, 11) is 1.47. The van der Waals surface area contributed by atoms with Crippen LogP contribution in [0.3, 0.4) is 0 Å². The van der Waals surface area contributed by atoms with Crippen molar-refractivity contribution >= 4 is 29.4 Å². The van der Waals surface area contributed by atoms with Gasteiger partial charge in [0, 0.05) is 6.07 Å². The molecule has 2 aromatic rings. The Morgan fingerprint density at radius 1 is 1.15 bits per heavy atom. The van der Waals surface area contributed by atoms with Crippen molar-refractivity contribution in [3.63, 3.8) is 0 Å². The lowest BCUT2D eigenvalue weighted by Gasteiger charge is -2.21. The smallest absolute Gasteiger partial charge is 0.308 e. The second-order valence-corrected chi connectivity index (χ2v) is 7.06. The van der Waals surface area contributed by atoms with E-state index in [4.69, 9.17) is 9.47 Å². The van der Waals surface area contributed by atoms with Gasteiger partial charge in [-0.3, -0.25) is 34.2 Å². The number of nitro groups is 1. The number of esters is 1. The van der Waals surface area contributed by atoms with Crippen LogP contribution in [0.4, 0.5) is 5.69 Å². The topological polar surface area (TPSA) is 145 Å². The molecule has 0 fully saturated rings. The van der Waals surface area contributed by atoms with E-state index in [9.17, 15) is 29.3 Å². The van der Waals surface area contributed by atoms with Gasteiger partial charge in [0.25, 0.3) is 17.5 Å². The van der Waals surface area contributed by atoms with Crippen molar-refractivity contribution in [1.82, 2.24) is 10.2 Å². The molecule has 0 radical (unpaired) electrons. The number of rotatable bonds is 9. The van der Waals surface area contributed by atoms with E-state index < -0.39 is 46.9 Å². The van der Waals surface area contributed by atoms with Crippen LogP contribution in [0.1, 0.15) is 45.7 Å². The number of benzene rings is 2. The Balaban J connectivity index is 1.80. The van der Waals surface area contributed by atoms with E-state index in [1.807, 2.05) is 0 Å². The van der Waals surface area contributed by atoms with E-state index in [-0.39, 0.29) is 24.2 Å². The van der Waals surface area contributed by atoms with Crippen molar-refractivity contribution in [2.24, 2.45) is 0 Å². The molecule has 1 atom stereocenters. The van der Waals surface area contributed by atoms with Gasteiger partial charge in [-0.2, -0.15) is 0 Å². The Bertz CT molecular complexity index is 1130. The SMILES string of the molecule is CCOC(=O)CC(NC(=O)CN1C(=O)c2cccc([N+](=O)[O-])c2C1=O)c1cccc(OC)c1. The zero-order valence-corrected chi connectivity index (χ0v) is 17.9. The van der Waals surface area contributed by atoms with Crippen molar-refractivity contribution in [1.29, 1.82) is 0 Å². The fourth-order valence-corrected chi connectivity index (χ4v) is 3.49. The molecule has 3 amide bonds. The molecule has 0 aliphatic carbocycles. The summed E-state index contributed by atoms with van der Waals surface area (Å²) in [5, 5.41) is 13.9. The number of carbonyl (C=O) groups is 4. The summed E-state index contributed by atoms with van der Waals surface area (Å²) >= 11 is 0. The van der Waals surface area contributed by atoms with Gasteiger partial charge in [0.15, 0.2) is 0 Å². The van der Waals surface area contributed by atoms with Crippen LogP contribution in [0.15, 0.2) is 42.5 Å². The van der Waals surface area contributed by atoms with Crippen LogP contribution in [0.5, 0.6) is 5.75 Å². The summed E-state index contributed by atoms with van der Waals surface area (Å²) < 4.78 is 10.2. The quantitative estimate of drug-likeness (QED) is 0.262. The van der Waals surface area contributed by atoms with Gasteiger partial charge in [0.05, 0.1) is 36.7 Å². The molecule has 11 nitrogen and oxygen atoms in total. The fourth-order valence-electron chi connectivity index (χ4n) is 3.49. The second kappa shape index (κ2) is 9.90. The highest BCUT2D eigenvalue weighted by molar-refractivity contribution is 6.24. The lowest BCUT2D eigenvalue weighted by Crippen LogP contribution is -2.42. The monoisotopic (exact) mass is 455 g/mol. The third-order valence-electron chi connectivity index (χ3n) is 4.98. The number of nitrogens with one attached hydrogen (secondary N) is 1. The van der Waals surface area contributed by atoms with Gasteiger partial charge in [0.2, 0.25) is 5.91 Å². The Hall–Kier alpha value is -4.28. The van der Waals surface area contributed by atoms with E-state index in [1.165, 1.54) is 19.2 Å². The highest BCUT2D eigenvalue weighted by Crippen LogP contribution is 2.30. The molecule has 11 heteroatoms. The number of methoxy groups -OCH3 is 1. The van der Waals surface area contributed by atoms with Crippen molar-refractivity contribution in [3.8, 4) is 5.75 Å². The molecule has 1 unspecified atom stereocenters. The van der Waals surface area contributed by atoms with Crippen LogP contribution in [-0.2, 0) is 14.3 Å². The van der Waals surface area contributed by atoms with Crippen LogP contribution in [0.25, 0.3) is 0 Å². The molecule has 33 heavy (non-hydrogen) atoms. The number of ether oxygens (including phenoxy) is 2. The lowest BCUT2D eigenvalue weighted by atomic mass is 10.0. The number of hydrogen-bond acceptors (Lipinski definition) is 8. The van der Waals surface area contributed by atoms with Gasteiger partial charge in [-0.05, 0) is 30.7 Å². The molecule has 1 N–H and O–H groups in total. The fraction of sp³-hybridized carbons (Fsp3) is 0.273. The highest BCUT2D eigenvalue weighted by Gasteiger charge is 2.41. The maximum absolute atomic E-state index is 12.8. The first-order chi connectivity index (χ1) is 15.8. The molecule has 1 heterocycles. The molecule has 0 saturated heterocycles. The molecule has 0 spiro atoms. The van der Waals surface area contributed by atoms with E-state index in [1.54, 1.807) is 31.2 Å². The van der Waals surface area contributed by atoms with Crippen LogP contribution in [-0.4, -0.2) is 53.8 Å². The molecule has 0 aromatic heterocycles. The van der Waals surface area contributed by atoms with E-state index in [2.05, 4.69) is 5.32 Å². The molecule has 3 rings (SSSR count). The average Bonchev–Trinajstić information content (AvgIpc) is 3.03. The van der Waals surface area contributed by atoms with Crippen LogP contribution < -0.4 is 10.1 Å². The van der Waals surface area contributed by atoms with Crippen molar-refractivity contribution in [3.05, 3.63) is 69.3 Å². The molecular formula is C22H21N3O8. The van der Waals surface area contributed by atoms with Gasteiger partial charge in [-0.1, -0.05) is 18.2 Å². The highest BCUT2D eigenvalue weighted by atomic mass is 16.6. The van der Waals surface area contributed by atoms with Crippen LogP contribution in [0, 0.1) is 10.1 Å². The Morgan fingerprint density at radius 3 is 2.55 bits per heavy atom. The van der Waals surface area contributed by atoms with Gasteiger partial charge < -0.3 is 14.8 Å². The van der Waals surface area contributed by atoms with E-state index in [0.29, 0.717) is 16.2 Å². The van der Waals surface area contributed by atoms with Gasteiger partial charge in [-0.15, -0.1) is 0 Å². The third-order valence-corrected chi connectivity index (χ3v) is 4.98. The lowest BCUT2D eigenvalue weighted by molar-refractivity contribution is -0.385. The van der Waals surface area contributed by atoms with Crippen LogP contribution in [0.2, 0.25) is 0 Å². The van der Waals surface area contributed by atoms with E-state index >= 15 is 0 Å². The maximum atomic E-state index is 12.8. The minimum absolute atomic E-state index is 0.141. The molecule has 1 aliphatic rings. The number of nitrogens with zero attached hydrogens (tertiary/aromatic N) is 2. The number of fused-ring (bicyclic) bond motifs is 1. The van der Waals surface area contributed by atoms with Gasteiger partial charge in [0.1, 0.15) is 17.9 Å². The minimum Gasteiger partial charge on any atom is -0.497 e. The molecule has 0 bridgehead atoms. The Labute approximate surface area is 188 Å². The van der Waals surface area contributed by atoms with Crippen LogP contribution >= 0.6 is 0 Å². The second-order valence-electron chi connectivity index (χ2n) is 7.06. The number of nitro benzene ring substituents is 1. The molecule has 1 aliphatic heterocycles. The summed E-state index contributed by atoms with van der Waals surface area (Å²) in [6.07, 6.45) is -0.194. The van der Waals surface area contributed by atoms with Gasteiger partial charge >= 0.3 is 5.97 Å². The first-order valence-electron chi connectivity index (χ1n) is 9.99. The predicted octanol–water partition coefficient (Wildman–Crippen LogP) is 2.01. The Kier molecular flexibility index (Phi) is 7.01. The minimum atomic E-state index is -0.930. The van der Waals surface area contributed by atoms with Crippen molar-refractivity contribution < 1.29 is 33.6 Å². The average molecular weight is 455 g/mol. The zero-order valence-electron chi connectivity index (χ0n) is 17.9. The molecule has 0 saturated carbocycles. The normalized spacial score (nSPS) is 13.3. The number of hydrogen-bond donors (Lipinski definition) is 1. The number of carbonyl (C=O) groups excluding carboxylic acids is 4. The maximum Gasteiger partial charge on any atom is 0.308 e. The number of amides is 3. The molecule has 2 aromatic carbocycles. The predicted molar refractivity (Wildman–Crippen MR) is 114 cm³/mol.